The zero-order valence-corrected chi connectivity index (χ0v) is 16.1. The number of benzene rings is 1. The van der Waals surface area contributed by atoms with Crippen LogP contribution in [0.1, 0.15) is 52.7 Å². The summed E-state index contributed by atoms with van der Waals surface area (Å²) in [6, 6.07) is 7.60. The molecule has 2 aromatic rings. The summed E-state index contributed by atoms with van der Waals surface area (Å²) in [4.78, 5) is 30.5. The van der Waals surface area contributed by atoms with Gasteiger partial charge in [0.15, 0.2) is 6.29 Å². The Bertz CT molecular complexity index is 825. The SMILES string of the molecule is CC(C)(C)c1cc2c(cn1)C(=O)N(c1cccc(I)c1C=O)CC2. The second kappa shape index (κ2) is 6.27. The Morgan fingerprint density at radius 2 is 2.04 bits per heavy atom. The summed E-state index contributed by atoms with van der Waals surface area (Å²) in [5.41, 5.74) is 3.85. The summed E-state index contributed by atoms with van der Waals surface area (Å²) in [6.45, 7) is 6.91. The molecule has 1 aromatic heterocycles. The van der Waals surface area contributed by atoms with E-state index in [4.69, 9.17) is 0 Å². The van der Waals surface area contributed by atoms with E-state index in [2.05, 4.69) is 48.3 Å². The lowest BCUT2D eigenvalue weighted by Gasteiger charge is -2.30. The van der Waals surface area contributed by atoms with E-state index in [0.29, 0.717) is 23.4 Å². The van der Waals surface area contributed by atoms with Crippen molar-refractivity contribution in [2.45, 2.75) is 32.6 Å². The van der Waals surface area contributed by atoms with Gasteiger partial charge in [-0.3, -0.25) is 14.6 Å². The van der Waals surface area contributed by atoms with Gasteiger partial charge in [0, 0.05) is 27.4 Å². The summed E-state index contributed by atoms with van der Waals surface area (Å²) < 4.78 is 0.847. The predicted octanol–water partition coefficient (Wildman–Crippen LogP) is 4.00. The van der Waals surface area contributed by atoms with E-state index in [-0.39, 0.29) is 11.3 Å². The van der Waals surface area contributed by atoms with Crippen LogP contribution < -0.4 is 4.90 Å². The molecule has 1 aliphatic heterocycles. The lowest BCUT2D eigenvalue weighted by molar-refractivity contribution is 0.0980. The molecule has 2 heterocycles. The molecule has 124 valence electrons. The molecule has 3 rings (SSSR count). The van der Waals surface area contributed by atoms with Crippen molar-refractivity contribution in [3.05, 3.63) is 56.4 Å². The fourth-order valence-corrected chi connectivity index (χ4v) is 3.50. The monoisotopic (exact) mass is 434 g/mol. The minimum Gasteiger partial charge on any atom is -0.307 e. The number of aromatic nitrogens is 1. The highest BCUT2D eigenvalue weighted by atomic mass is 127. The number of aldehydes is 1. The summed E-state index contributed by atoms with van der Waals surface area (Å²) >= 11 is 2.12. The summed E-state index contributed by atoms with van der Waals surface area (Å²) in [7, 11) is 0. The number of halogens is 1. The van der Waals surface area contributed by atoms with Crippen LogP contribution in [0, 0.1) is 3.57 Å². The Hall–Kier alpha value is -1.76. The Kier molecular flexibility index (Phi) is 4.46. The minimum absolute atomic E-state index is 0.0462. The van der Waals surface area contributed by atoms with E-state index in [1.165, 1.54) is 0 Å². The van der Waals surface area contributed by atoms with Gasteiger partial charge in [-0.2, -0.15) is 0 Å². The van der Waals surface area contributed by atoms with Crippen LogP contribution in [0.5, 0.6) is 0 Å². The van der Waals surface area contributed by atoms with E-state index in [9.17, 15) is 9.59 Å². The van der Waals surface area contributed by atoms with Crippen molar-refractivity contribution in [2.75, 3.05) is 11.4 Å². The summed E-state index contributed by atoms with van der Waals surface area (Å²) in [6.07, 6.45) is 3.26. The molecule has 0 atom stereocenters. The molecule has 0 unspecified atom stereocenters. The van der Waals surface area contributed by atoms with Gasteiger partial charge in [-0.25, -0.2) is 0 Å². The lowest BCUT2D eigenvalue weighted by atomic mass is 9.88. The van der Waals surface area contributed by atoms with Crippen molar-refractivity contribution in [1.29, 1.82) is 0 Å². The largest absolute Gasteiger partial charge is 0.307 e. The number of fused-ring (bicyclic) bond motifs is 1. The molecule has 1 aliphatic rings. The zero-order chi connectivity index (χ0) is 17.5. The molecule has 1 aromatic carbocycles. The average Bonchev–Trinajstić information content (AvgIpc) is 2.54. The number of anilines is 1. The number of hydrogen-bond donors (Lipinski definition) is 0. The first-order valence-corrected chi connectivity index (χ1v) is 8.96. The molecule has 0 spiro atoms. The molecule has 0 saturated heterocycles. The predicted molar refractivity (Wildman–Crippen MR) is 103 cm³/mol. The van der Waals surface area contributed by atoms with E-state index in [1.54, 1.807) is 11.1 Å². The van der Waals surface area contributed by atoms with E-state index in [0.717, 1.165) is 27.5 Å². The molecule has 0 bridgehead atoms. The third-order valence-corrected chi connectivity index (χ3v) is 5.22. The smallest absolute Gasteiger partial charge is 0.260 e. The molecule has 0 saturated carbocycles. The standard InChI is InChI=1S/C19H19IN2O2/c1-19(2,3)17-9-12-7-8-22(18(24)13(12)10-21-17)16-6-4-5-15(20)14(16)11-23/h4-6,9-11H,7-8H2,1-3H3. The molecule has 4 nitrogen and oxygen atoms in total. The number of carbonyl (C=O) groups is 2. The van der Waals surface area contributed by atoms with Gasteiger partial charge in [0.05, 0.1) is 16.8 Å². The molecule has 0 N–H and O–H groups in total. The molecule has 1 amide bonds. The number of carbonyl (C=O) groups excluding carboxylic acids is 2. The normalized spacial score (nSPS) is 14.5. The second-order valence-electron chi connectivity index (χ2n) is 6.97. The van der Waals surface area contributed by atoms with Gasteiger partial charge in [-0.05, 0) is 52.8 Å². The van der Waals surface area contributed by atoms with Crippen LogP contribution in [0.3, 0.4) is 0 Å². The third kappa shape index (κ3) is 2.97. The first-order chi connectivity index (χ1) is 11.3. The molecule has 5 heteroatoms. The number of hydrogen-bond acceptors (Lipinski definition) is 3. The lowest BCUT2D eigenvalue weighted by Crippen LogP contribution is -2.38. The topological polar surface area (TPSA) is 50.3 Å². The van der Waals surface area contributed by atoms with E-state index < -0.39 is 0 Å². The van der Waals surface area contributed by atoms with Crippen LogP contribution in [0.2, 0.25) is 0 Å². The first-order valence-electron chi connectivity index (χ1n) is 7.88. The third-order valence-electron chi connectivity index (χ3n) is 4.28. The van der Waals surface area contributed by atoms with Crippen LogP contribution in [0.25, 0.3) is 0 Å². The van der Waals surface area contributed by atoms with Crippen molar-refractivity contribution in [3.8, 4) is 0 Å². The highest BCUT2D eigenvalue weighted by Crippen LogP contribution is 2.30. The van der Waals surface area contributed by atoms with Crippen LogP contribution in [-0.4, -0.2) is 23.7 Å². The van der Waals surface area contributed by atoms with Gasteiger partial charge in [-0.15, -0.1) is 0 Å². The van der Waals surface area contributed by atoms with Crippen LogP contribution in [0.4, 0.5) is 5.69 Å². The van der Waals surface area contributed by atoms with E-state index >= 15 is 0 Å². The number of pyridine rings is 1. The second-order valence-corrected chi connectivity index (χ2v) is 8.14. The molecule has 0 fully saturated rings. The highest BCUT2D eigenvalue weighted by Gasteiger charge is 2.29. The fraction of sp³-hybridized carbons (Fsp3) is 0.316. The van der Waals surface area contributed by atoms with Gasteiger partial charge in [0.25, 0.3) is 5.91 Å². The molecule has 0 aliphatic carbocycles. The van der Waals surface area contributed by atoms with Gasteiger partial charge in [0.2, 0.25) is 0 Å². The number of rotatable bonds is 2. The van der Waals surface area contributed by atoms with Gasteiger partial charge < -0.3 is 4.90 Å². The van der Waals surface area contributed by atoms with Crippen molar-refractivity contribution in [2.24, 2.45) is 0 Å². The quantitative estimate of drug-likeness (QED) is 0.531. The fourth-order valence-electron chi connectivity index (χ4n) is 2.89. The molecule has 24 heavy (non-hydrogen) atoms. The maximum atomic E-state index is 12.9. The summed E-state index contributed by atoms with van der Waals surface area (Å²) in [5.74, 6) is -0.0886. The highest BCUT2D eigenvalue weighted by molar-refractivity contribution is 14.1. The van der Waals surface area contributed by atoms with Crippen LogP contribution >= 0.6 is 22.6 Å². The van der Waals surface area contributed by atoms with Crippen molar-refractivity contribution < 1.29 is 9.59 Å². The van der Waals surface area contributed by atoms with Crippen molar-refractivity contribution in [3.63, 3.8) is 0 Å². The summed E-state index contributed by atoms with van der Waals surface area (Å²) in [5, 5.41) is 0. The molecular weight excluding hydrogens is 415 g/mol. The maximum Gasteiger partial charge on any atom is 0.260 e. The Morgan fingerprint density at radius 3 is 2.71 bits per heavy atom. The van der Waals surface area contributed by atoms with Crippen molar-refractivity contribution >= 4 is 40.5 Å². The maximum absolute atomic E-state index is 12.9. The Labute approximate surface area is 155 Å². The van der Waals surface area contributed by atoms with Crippen LogP contribution in [-0.2, 0) is 11.8 Å². The zero-order valence-electron chi connectivity index (χ0n) is 14.0. The minimum atomic E-state index is -0.0886. The molecular formula is C19H19IN2O2. The average molecular weight is 434 g/mol. The van der Waals surface area contributed by atoms with Crippen molar-refractivity contribution in [1.82, 2.24) is 4.98 Å². The number of amides is 1. The van der Waals surface area contributed by atoms with Gasteiger partial charge in [-0.1, -0.05) is 26.8 Å². The van der Waals surface area contributed by atoms with Crippen LogP contribution in [0.15, 0.2) is 30.5 Å². The first kappa shape index (κ1) is 17.1. The number of nitrogens with zero attached hydrogens (tertiary/aromatic N) is 2. The van der Waals surface area contributed by atoms with Gasteiger partial charge >= 0.3 is 0 Å². The molecule has 0 radical (unpaired) electrons. The Balaban J connectivity index is 2.02. The Morgan fingerprint density at radius 1 is 1.29 bits per heavy atom. The van der Waals surface area contributed by atoms with Gasteiger partial charge in [0.1, 0.15) is 0 Å². The van der Waals surface area contributed by atoms with E-state index in [1.807, 2.05) is 24.3 Å².